The summed E-state index contributed by atoms with van der Waals surface area (Å²) in [5.74, 6) is 1.53. The zero-order chi connectivity index (χ0) is 19.7. The highest BCUT2D eigenvalue weighted by Gasteiger charge is 2.34. The van der Waals surface area contributed by atoms with Crippen LogP contribution in [0.1, 0.15) is 61.4 Å². The first kappa shape index (κ1) is 18.9. The van der Waals surface area contributed by atoms with Crippen LogP contribution in [0.5, 0.6) is 11.5 Å². The third kappa shape index (κ3) is 4.16. The van der Waals surface area contributed by atoms with E-state index in [9.17, 15) is 4.79 Å². The number of aryl methyl sites for hydroxylation is 3. The number of rotatable bonds is 4. The van der Waals surface area contributed by atoms with E-state index < -0.39 is 0 Å². The number of ether oxygens (including phenoxy) is 2. The smallest absolute Gasteiger partial charge is 0.258 e. The molecule has 2 aromatic carbocycles. The quantitative estimate of drug-likeness (QED) is 0.840. The Kier molecular flexibility index (Phi) is 5.05. The lowest BCUT2D eigenvalue weighted by molar-refractivity contribution is -0.124. The van der Waals surface area contributed by atoms with E-state index in [0.717, 1.165) is 41.9 Å². The maximum Gasteiger partial charge on any atom is 0.258 e. The molecule has 0 saturated carbocycles. The number of carbonyl (C=O) groups excluding carboxylic acids is 1. The molecule has 0 bridgehead atoms. The minimum Gasteiger partial charge on any atom is -0.487 e. The van der Waals surface area contributed by atoms with Crippen LogP contribution in [-0.2, 0) is 17.6 Å². The van der Waals surface area contributed by atoms with Crippen LogP contribution < -0.4 is 14.8 Å². The summed E-state index contributed by atoms with van der Waals surface area (Å²) in [7, 11) is 0. The highest BCUT2D eigenvalue weighted by atomic mass is 16.5. The van der Waals surface area contributed by atoms with Gasteiger partial charge in [0.15, 0.2) is 6.61 Å². The van der Waals surface area contributed by atoms with Crippen LogP contribution in [0.3, 0.4) is 0 Å². The molecule has 1 amide bonds. The highest BCUT2D eigenvalue weighted by molar-refractivity contribution is 5.78. The minimum atomic E-state index is -0.321. The molecule has 1 aliphatic heterocycles. The molecule has 0 aromatic heterocycles. The molecule has 1 atom stereocenters. The highest BCUT2D eigenvalue weighted by Crippen LogP contribution is 2.39. The zero-order valence-corrected chi connectivity index (χ0v) is 17.0. The fourth-order valence-electron chi connectivity index (χ4n) is 4.27. The van der Waals surface area contributed by atoms with Gasteiger partial charge in [-0.2, -0.15) is 0 Å². The first-order valence-electron chi connectivity index (χ1n) is 10.2. The summed E-state index contributed by atoms with van der Waals surface area (Å²) < 4.78 is 11.9. The number of hydrogen-bond donors (Lipinski definition) is 1. The van der Waals surface area contributed by atoms with Gasteiger partial charge in [0.25, 0.3) is 5.91 Å². The van der Waals surface area contributed by atoms with Crippen LogP contribution in [0.25, 0.3) is 0 Å². The minimum absolute atomic E-state index is 0.0256. The third-order valence-corrected chi connectivity index (χ3v) is 5.65. The van der Waals surface area contributed by atoms with Gasteiger partial charge in [-0.25, -0.2) is 0 Å². The Labute approximate surface area is 167 Å². The van der Waals surface area contributed by atoms with Crippen molar-refractivity contribution >= 4 is 5.91 Å². The molecule has 148 valence electrons. The van der Waals surface area contributed by atoms with Crippen LogP contribution in [0, 0.1) is 6.92 Å². The molecule has 2 aromatic rings. The molecule has 4 rings (SSSR count). The molecule has 1 unspecified atom stereocenters. The van der Waals surface area contributed by atoms with Crippen LogP contribution in [0.2, 0.25) is 0 Å². The first-order valence-corrected chi connectivity index (χ1v) is 10.2. The Balaban J connectivity index is 1.41. The maximum absolute atomic E-state index is 12.6. The van der Waals surface area contributed by atoms with Crippen LogP contribution in [-0.4, -0.2) is 18.1 Å². The molecule has 0 spiro atoms. The van der Waals surface area contributed by atoms with Crippen LogP contribution in [0.4, 0.5) is 0 Å². The summed E-state index contributed by atoms with van der Waals surface area (Å²) in [6, 6.07) is 12.3. The third-order valence-electron chi connectivity index (χ3n) is 5.65. The SMILES string of the molecule is Cc1ccc2c(c1)OC(C)(C)CC2NC(=O)COc1ccc2c(c1)CCCC2. The van der Waals surface area contributed by atoms with Crippen LogP contribution in [0.15, 0.2) is 36.4 Å². The van der Waals surface area contributed by atoms with Crippen molar-refractivity contribution in [2.24, 2.45) is 0 Å². The number of benzene rings is 2. The van der Waals surface area contributed by atoms with E-state index in [1.807, 2.05) is 19.1 Å². The standard InChI is InChI=1S/C24H29NO3/c1-16-8-11-20-21(14-24(2,3)28-22(20)12-16)25-23(26)15-27-19-10-9-17-6-4-5-7-18(17)13-19/h8-13,21H,4-7,14-15H2,1-3H3,(H,25,26). The van der Waals surface area contributed by atoms with Gasteiger partial charge in [0, 0.05) is 12.0 Å². The largest absolute Gasteiger partial charge is 0.487 e. The van der Waals surface area contributed by atoms with Crippen molar-refractivity contribution in [3.05, 3.63) is 58.7 Å². The van der Waals surface area contributed by atoms with Gasteiger partial charge in [0.05, 0.1) is 6.04 Å². The van der Waals surface area contributed by atoms with Gasteiger partial charge >= 0.3 is 0 Å². The lowest BCUT2D eigenvalue weighted by Crippen LogP contribution is -2.42. The molecule has 2 aliphatic rings. The second-order valence-electron chi connectivity index (χ2n) is 8.65. The van der Waals surface area contributed by atoms with Crippen molar-refractivity contribution in [3.8, 4) is 11.5 Å². The average Bonchev–Trinajstić information content (AvgIpc) is 2.65. The average molecular weight is 380 g/mol. The Bertz CT molecular complexity index is 887. The topological polar surface area (TPSA) is 47.6 Å². The molecule has 1 aliphatic carbocycles. The monoisotopic (exact) mass is 379 g/mol. The van der Waals surface area contributed by atoms with Gasteiger partial charge < -0.3 is 14.8 Å². The van der Waals surface area contributed by atoms with Gasteiger partial charge in [-0.15, -0.1) is 0 Å². The van der Waals surface area contributed by atoms with Crippen molar-refractivity contribution in [1.29, 1.82) is 0 Å². The molecule has 28 heavy (non-hydrogen) atoms. The fraction of sp³-hybridized carbons (Fsp3) is 0.458. The van der Waals surface area contributed by atoms with Crippen molar-refractivity contribution in [3.63, 3.8) is 0 Å². The van der Waals surface area contributed by atoms with Crippen LogP contribution >= 0.6 is 0 Å². The molecule has 1 heterocycles. The van der Waals surface area contributed by atoms with E-state index in [1.54, 1.807) is 0 Å². The molecule has 4 heteroatoms. The molecule has 1 N–H and O–H groups in total. The second-order valence-corrected chi connectivity index (χ2v) is 8.65. The van der Waals surface area contributed by atoms with E-state index in [2.05, 4.69) is 43.4 Å². The number of hydrogen-bond acceptors (Lipinski definition) is 3. The number of amides is 1. The number of carbonyl (C=O) groups is 1. The summed E-state index contributed by atoms with van der Waals surface area (Å²) in [5, 5.41) is 3.14. The van der Waals surface area contributed by atoms with Gasteiger partial charge in [-0.1, -0.05) is 18.2 Å². The lowest BCUT2D eigenvalue weighted by atomic mass is 9.89. The van der Waals surface area contributed by atoms with Crippen molar-refractivity contribution in [1.82, 2.24) is 5.32 Å². The van der Waals surface area contributed by atoms with Gasteiger partial charge in [0.2, 0.25) is 0 Å². The lowest BCUT2D eigenvalue weighted by Gasteiger charge is -2.38. The maximum atomic E-state index is 12.6. The van der Waals surface area contributed by atoms with Gasteiger partial charge in [-0.3, -0.25) is 4.79 Å². The normalized spacial score (nSPS) is 19.8. The predicted octanol–water partition coefficient (Wildman–Crippen LogP) is 4.67. The summed E-state index contributed by atoms with van der Waals surface area (Å²) in [4.78, 5) is 12.6. The first-order chi connectivity index (χ1) is 13.4. The van der Waals surface area contributed by atoms with E-state index in [4.69, 9.17) is 9.47 Å². The predicted molar refractivity (Wildman–Crippen MR) is 110 cm³/mol. The summed E-state index contributed by atoms with van der Waals surface area (Å²) in [5.41, 5.74) is 4.64. The van der Waals surface area contributed by atoms with Crippen molar-refractivity contribution in [2.75, 3.05) is 6.61 Å². The van der Waals surface area contributed by atoms with E-state index in [0.29, 0.717) is 0 Å². The van der Waals surface area contributed by atoms with Crippen molar-refractivity contribution in [2.45, 2.75) is 64.5 Å². The number of fused-ring (bicyclic) bond motifs is 2. The van der Waals surface area contributed by atoms with Gasteiger partial charge in [-0.05, 0) is 81.3 Å². The molecule has 0 radical (unpaired) electrons. The summed E-state index contributed by atoms with van der Waals surface area (Å²) >= 11 is 0. The molecule has 0 saturated heterocycles. The Morgan fingerprint density at radius 3 is 2.75 bits per heavy atom. The Hall–Kier alpha value is -2.49. The summed E-state index contributed by atoms with van der Waals surface area (Å²) in [6.07, 6.45) is 5.47. The zero-order valence-electron chi connectivity index (χ0n) is 17.0. The molecule has 0 fully saturated rings. The Morgan fingerprint density at radius 2 is 1.93 bits per heavy atom. The van der Waals surface area contributed by atoms with E-state index >= 15 is 0 Å². The van der Waals surface area contributed by atoms with E-state index in [1.165, 1.54) is 24.0 Å². The number of nitrogens with one attached hydrogen (secondary N) is 1. The molecule has 4 nitrogen and oxygen atoms in total. The summed E-state index contributed by atoms with van der Waals surface area (Å²) in [6.45, 7) is 6.19. The second kappa shape index (κ2) is 7.50. The van der Waals surface area contributed by atoms with Gasteiger partial charge in [0.1, 0.15) is 17.1 Å². The fourth-order valence-corrected chi connectivity index (χ4v) is 4.27. The van der Waals surface area contributed by atoms with E-state index in [-0.39, 0.29) is 24.2 Å². The van der Waals surface area contributed by atoms with Crippen molar-refractivity contribution < 1.29 is 14.3 Å². The molecular weight excluding hydrogens is 350 g/mol. The Morgan fingerprint density at radius 1 is 1.14 bits per heavy atom. The molecular formula is C24H29NO3.